The fraction of sp³-hybridized carbons (Fsp3) is 0.481. The van der Waals surface area contributed by atoms with Crippen molar-refractivity contribution in [1.29, 1.82) is 0 Å². The van der Waals surface area contributed by atoms with Crippen LogP contribution in [-0.4, -0.2) is 70.2 Å². The topological polar surface area (TPSA) is 77.5 Å². The van der Waals surface area contributed by atoms with Crippen LogP contribution in [0.15, 0.2) is 30.3 Å². The van der Waals surface area contributed by atoms with E-state index in [1.165, 1.54) is 7.11 Å². The highest BCUT2D eigenvalue weighted by Crippen LogP contribution is 2.47. The number of fused-ring (bicyclic) bond motifs is 1. The zero-order chi connectivity index (χ0) is 25.3. The molecule has 8 heteroatoms. The third-order valence-electron chi connectivity index (χ3n) is 7.28. The molecule has 2 amide bonds. The lowest BCUT2D eigenvalue weighted by molar-refractivity contribution is -0.135. The molecule has 0 radical (unpaired) electrons. The van der Waals surface area contributed by atoms with Crippen molar-refractivity contribution >= 4 is 11.8 Å². The molecule has 2 atom stereocenters. The van der Waals surface area contributed by atoms with Crippen LogP contribution in [0.1, 0.15) is 53.2 Å². The molecule has 2 aromatic rings. The van der Waals surface area contributed by atoms with Crippen molar-refractivity contribution in [3.8, 4) is 23.0 Å². The molecule has 2 aliphatic heterocycles. The second kappa shape index (κ2) is 10.1. The highest BCUT2D eigenvalue weighted by molar-refractivity contribution is 6.02. The lowest BCUT2D eigenvalue weighted by Gasteiger charge is -2.43. The van der Waals surface area contributed by atoms with Crippen molar-refractivity contribution in [2.24, 2.45) is 5.92 Å². The third-order valence-corrected chi connectivity index (χ3v) is 7.28. The average molecular weight is 483 g/mol. The van der Waals surface area contributed by atoms with Gasteiger partial charge in [0.25, 0.3) is 5.91 Å². The molecule has 35 heavy (non-hydrogen) atoms. The first-order chi connectivity index (χ1) is 16.8. The van der Waals surface area contributed by atoms with Gasteiger partial charge in [-0.05, 0) is 54.2 Å². The van der Waals surface area contributed by atoms with Crippen molar-refractivity contribution in [2.45, 2.75) is 31.7 Å². The number of benzene rings is 2. The monoisotopic (exact) mass is 482 g/mol. The predicted molar refractivity (Wildman–Crippen MR) is 132 cm³/mol. The zero-order valence-electron chi connectivity index (χ0n) is 21.3. The van der Waals surface area contributed by atoms with Crippen LogP contribution in [0.2, 0.25) is 0 Å². The smallest absolute Gasteiger partial charge is 0.254 e. The number of carbonyl (C=O) groups is 2. The van der Waals surface area contributed by atoms with E-state index < -0.39 is 12.0 Å². The van der Waals surface area contributed by atoms with E-state index in [1.54, 1.807) is 51.5 Å². The maximum Gasteiger partial charge on any atom is 0.254 e. The molecule has 188 valence electrons. The van der Waals surface area contributed by atoms with E-state index in [0.717, 1.165) is 18.4 Å². The van der Waals surface area contributed by atoms with Crippen LogP contribution in [0.3, 0.4) is 0 Å². The molecule has 0 N–H and O–H groups in total. The van der Waals surface area contributed by atoms with E-state index in [0.29, 0.717) is 53.1 Å². The minimum absolute atomic E-state index is 0.00417. The molecule has 1 saturated heterocycles. The Kier molecular flexibility index (Phi) is 7.10. The molecule has 0 unspecified atom stereocenters. The first kappa shape index (κ1) is 24.7. The Morgan fingerprint density at radius 1 is 0.857 bits per heavy atom. The maximum atomic E-state index is 14.2. The van der Waals surface area contributed by atoms with Gasteiger partial charge in [0.1, 0.15) is 0 Å². The fourth-order valence-corrected chi connectivity index (χ4v) is 5.19. The molecule has 0 aromatic heterocycles. The van der Waals surface area contributed by atoms with Gasteiger partial charge >= 0.3 is 0 Å². The number of nitrogens with zero attached hydrogens (tertiary/aromatic N) is 2. The molecule has 8 nitrogen and oxygen atoms in total. The molecule has 2 heterocycles. The number of piperidine rings is 1. The van der Waals surface area contributed by atoms with E-state index in [-0.39, 0.29) is 11.8 Å². The van der Waals surface area contributed by atoms with Crippen LogP contribution in [0, 0.1) is 5.92 Å². The van der Waals surface area contributed by atoms with Gasteiger partial charge in [0.05, 0.1) is 40.4 Å². The molecule has 0 aliphatic carbocycles. The quantitative estimate of drug-likeness (QED) is 0.622. The number of hydrogen-bond acceptors (Lipinski definition) is 6. The van der Waals surface area contributed by atoms with Crippen LogP contribution in [0.5, 0.6) is 23.0 Å². The highest BCUT2D eigenvalue weighted by Gasteiger charge is 2.45. The van der Waals surface area contributed by atoms with E-state index in [2.05, 4.69) is 6.92 Å². The Morgan fingerprint density at radius 2 is 1.43 bits per heavy atom. The van der Waals surface area contributed by atoms with Gasteiger partial charge in [0, 0.05) is 25.7 Å². The summed E-state index contributed by atoms with van der Waals surface area (Å²) >= 11 is 0. The van der Waals surface area contributed by atoms with Crippen LogP contribution in [-0.2, 0) is 4.79 Å². The Morgan fingerprint density at radius 3 is 2.03 bits per heavy atom. The van der Waals surface area contributed by atoms with Crippen LogP contribution < -0.4 is 18.9 Å². The standard InChI is InChI=1S/C27H34N2O6/c1-16-9-11-29(12-10-16)27(31)24-18-14-22(34-5)23(35-6)15-19(18)26(30)28(2)25(24)17-7-8-20(32-3)21(13-17)33-4/h7-8,13-16,24-25H,9-12H2,1-6H3/t24-,25-/m0/s1. The van der Waals surface area contributed by atoms with E-state index >= 15 is 0 Å². The minimum atomic E-state index is -0.612. The molecular weight excluding hydrogens is 448 g/mol. The molecule has 0 spiro atoms. The zero-order valence-corrected chi connectivity index (χ0v) is 21.3. The van der Waals surface area contributed by atoms with Crippen molar-refractivity contribution in [1.82, 2.24) is 9.80 Å². The Balaban J connectivity index is 1.89. The number of likely N-dealkylation sites (N-methyl/N-ethyl adjacent to an activating group) is 1. The number of hydrogen-bond donors (Lipinski definition) is 0. The number of carbonyl (C=O) groups excluding carboxylic acids is 2. The molecular formula is C27H34N2O6. The summed E-state index contributed by atoms with van der Waals surface area (Å²) in [6.07, 6.45) is 1.93. The fourth-order valence-electron chi connectivity index (χ4n) is 5.19. The molecule has 2 aromatic carbocycles. The van der Waals surface area contributed by atoms with Crippen LogP contribution in [0.4, 0.5) is 0 Å². The average Bonchev–Trinajstić information content (AvgIpc) is 2.89. The largest absolute Gasteiger partial charge is 0.493 e. The lowest BCUT2D eigenvalue weighted by atomic mass is 9.78. The summed E-state index contributed by atoms with van der Waals surface area (Å²) < 4.78 is 21.9. The summed E-state index contributed by atoms with van der Waals surface area (Å²) in [6.45, 7) is 3.62. The summed E-state index contributed by atoms with van der Waals surface area (Å²) in [5.41, 5.74) is 1.89. The van der Waals surface area contributed by atoms with E-state index in [4.69, 9.17) is 18.9 Å². The van der Waals surface area contributed by atoms with Crippen LogP contribution >= 0.6 is 0 Å². The Bertz CT molecular complexity index is 1110. The van der Waals surface area contributed by atoms with Crippen molar-refractivity contribution in [2.75, 3.05) is 48.6 Å². The summed E-state index contributed by atoms with van der Waals surface area (Å²) in [5.74, 6) is 1.87. The molecule has 2 aliphatic rings. The predicted octanol–water partition coefficient (Wildman–Crippen LogP) is 3.89. The molecule has 0 bridgehead atoms. The minimum Gasteiger partial charge on any atom is -0.493 e. The van der Waals surface area contributed by atoms with E-state index in [9.17, 15) is 9.59 Å². The first-order valence-electron chi connectivity index (χ1n) is 11.9. The SMILES string of the molecule is COc1ccc([C@H]2[C@@H](C(=O)N3CCC(C)CC3)c3cc(OC)c(OC)cc3C(=O)N2C)cc1OC. The van der Waals surface area contributed by atoms with E-state index in [1.807, 2.05) is 17.0 Å². The summed E-state index contributed by atoms with van der Waals surface area (Å²) in [5, 5.41) is 0. The number of rotatable bonds is 6. The maximum absolute atomic E-state index is 14.2. The third kappa shape index (κ3) is 4.37. The summed E-state index contributed by atoms with van der Waals surface area (Å²) in [4.78, 5) is 31.3. The normalized spacial score (nSPS) is 20.3. The highest BCUT2D eigenvalue weighted by atomic mass is 16.5. The van der Waals surface area contributed by atoms with Crippen molar-refractivity contribution < 1.29 is 28.5 Å². The van der Waals surface area contributed by atoms with Gasteiger partial charge < -0.3 is 28.7 Å². The second-order valence-electron chi connectivity index (χ2n) is 9.26. The van der Waals surface area contributed by atoms with Gasteiger partial charge in [0.2, 0.25) is 5.91 Å². The van der Waals surface area contributed by atoms with Gasteiger partial charge in [-0.2, -0.15) is 0 Å². The summed E-state index contributed by atoms with van der Waals surface area (Å²) in [7, 11) is 7.97. The van der Waals surface area contributed by atoms with Gasteiger partial charge in [-0.3, -0.25) is 9.59 Å². The van der Waals surface area contributed by atoms with Gasteiger partial charge in [-0.1, -0.05) is 13.0 Å². The van der Waals surface area contributed by atoms with Crippen LogP contribution in [0.25, 0.3) is 0 Å². The van der Waals surface area contributed by atoms with Gasteiger partial charge in [0.15, 0.2) is 23.0 Å². The Hall–Kier alpha value is -3.42. The number of ether oxygens (including phenoxy) is 4. The molecule has 4 rings (SSSR count). The van der Waals surface area contributed by atoms with Gasteiger partial charge in [-0.15, -0.1) is 0 Å². The molecule has 1 fully saturated rings. The number of methoxy groups -OCH3 is 4. The van der Waals surface area contributed by atoms with Crippen molar-refractivity contribution in [3.63, 3.8) is 0 Å². The number of amides is 2. The lowest BCUT2D eigenvalue weighted by Crippen LogP contribution is -2.48. The summed E-state index contributed by atoms with van der Waals surface area (Å²) in [6, 6.07) is 8.47. The second-order valence-corrected chi connectivity index (χ2v) is 9.26. The Labute approximate surface area is 206 Å². The first-order valence-corrected chi connectivity index (χ1v) is 11.9. The van der Waals surface area contributed by atoms with Gasteiger partial charge in [-0.25, -0.2) is 0 Å². The molecule has 0 saturated carbocycles. The van der Waals surface area contributed by atoms with Crippen molar-refractivity contribution in [3.05, 3.63) is 47.0 Å². The number of likely N-dealkylation sites (tertiary alicyclic amines) is 1.